The highest BCUT2D eigenvalue weighted by Gasteiger charge is 2.32. The summed E-state index contributed by atoms with van der Waals surface area (Å²) in [5, 5.41) is 3.29. The van der Waals surface area contributed by atoms with Gasteiger partial charge in [0.1, 0.15) is 11.4 Å². The second-order valence-corrected chi connectivity index (χ2v) is 11.7. The zero-order valence-electron chi connectivity index (χ0n) is 25.2. The second kappa shape index (κ2) is 12.9. The summed E-state index contributed by atoms with van der Waals surface area (Å²) in [5.74, 6) is 2.64. The summed E-state index contributed by atoms with van der Waals surface area (Å²) in [6.07, 6.45) is 5.65. The summed E-state index contributed by atoms with van der Waals surface area (Å²) in [7, 11) is 0. The molecule has 0 aliphatic carbocycles. The van der Waals surface area contributed by atoms with Crippen LogP contribution in [-0.4, -0.2) is 75.5 Å². The Kier molecular flexibility index (Phi) is 9.06. The molecule has 2 aliphatic rings. The Hall–Kier alpha value is -3.99. The highest BCUT2D eigenvalue weighted by molar-refractivity contribution is 5.70. The first kappa shape index (κ1) is 29.5. The van der Waals surface area contributed by atoms with Crippen molar-refractivity contribution in [1.82, 2.24) is 24.8 Å². The SMILES string of the molecule is CCCCOc1cncc(Nc2ccc(-c3nc4c(c(N5CCOCC5C)n3)CCN(C(=O)OC(C)(C)C)C4)cc2)n1. The third-order valence-electron chi connectivity index (χ3n) is 7.11. The Labute approximate surface area is 247 Å². The molecule has 42 heavy (non-hydrogen) atoms. The lowest BCUT2D eigenvalue weighted by molar-refractivity contribution is 0.0220. The van der Waals surface area contributed by atoms with Crippen LogP contribution in [0.1, 0.15) is 58.7 Å². The molecule has 11 heteroatoms. The van der Waals surface area contributed by atoms with Crippen LogP contribution < -0.4 is 15.0 Å². The van der Waals surface area contributed by atoms with E-state index < -0.39 is 5.60 Å². The smallest absolute Gasteiger partial charge is 0.410 e. The van der Waals surface area contributed by atoms with E-state index in [2.05, 4.69) is 34.0 Å². The number of nitrogens with zero attached hydrogens (tertiary/aromatic N) is 6. The van der Waals surface area contributed by atoms with Gasteiger partial charge < -0.3 is 29.3 Å². The zero-order chi connectivity index (χ0) is 29.7. The van der Waals surface area contributed by atoms with Gasteiger partial charge in [-0.25, -0.2) is 14.8 Å². The number of ether oxygens (including phenoxy) is 3. The van der Waals surface area contributed by atoms with Crippen LogP contribution in [0.3, 0.4) is 0 Å². The monoisotopic (exact) mass is 575 g/mol. The Morgan fingerprint density at radius 1 is 1.12 bits per heavy atom. The molecule has 1 saturated heterocycles. The maximum atomic E-state index is 12.9. The number of rotatable bonds is 8. The molecule has 4 heterocycles. The van der Waals surface area contributed by atoms with Crippen LogP contribution in [0.15, 0.2) is 36.7 Å². The van der Waals surface area contributed by atoms with Crippen molar-refractivity contribution in [3.05, 3.63) is 47.9 Å². The molecule has 1 N–H and O–H groups in total. The first-order chi connectivity index (χ1) is 20.2. The van der Waals surface area contributed by atoms with Crippen LogP contribution in [0, 0.1) is 0 Å². The molecule has 224 valence electrons. The van der Waals surface area contributed by atoms with Gasteiger partial charge >= 0.3 is 6.09 Å². The van der Waals surface area contributed by atoms with Gasteiger partial charge in [-0.2, -0.15) is 4.98 Å². The minimum absolute atomic E-state index is 0.184. The van der Waals surface area contributed by atoms with Gasteiger partial charge in [-0.1, -0.05) is 13.3 Å². The number of hydrogen-bond donors (Lipinski definition) is 1. The molecular weight excluding hydrogens is 534 g/mol. The second-order valence-electron chi connectivity index (χ2n) is 11.7. The number of nitrogens with one attached hydrogen (secondary N) is 1. The van der Waals surface area contributed by atoms with Gasteiger partial charge in [-0.15, -0.1) is 0 Å². The fourth-order valence-electron chi connectivity index (χ4n) is 4.95. The van der Waals surface area contributed by atoms with E-state index in [9.17, 15) is 4.79 Å². The number of amides is 1. The lowest BCUT2D eigenvalue weighted by Gasteiger charge is -2.38. The third kappa shape index (κ3) is 7.25. The molecule has 1 aromatic carbocycles. The van der Waals surface area contributed by atoms with Crippen molar-refractivity contribution in [2.75, 3.05) is 43.1 Å². The fourth-order valence-corrected chi connectivity index (χ4v) is 4.95. The fraction of sp³-hybridized carbons (Fsp3) is 0.516. The van der Waals surface area contributed by atoms with E-state index >= 15 is 0 Å². The van der Waals surface area contributed by atoms with Crippen LogP contribution in [0.2, 0.25) is 0 Å². The highest BCUT2D eigenvalue weighted by Crippen LogP contribution is 2.32. The van der Waals surface area contributed by atoms with E-state index in [4.69, 9.17) is 24.2 Å². The van der Waals surface area contributed by atoms with Crippen molar-refractivity contribution in [1.29, 1.82) is 0 Å². The number of carbonyl (C=O) groups is 1. The maximum Gasteiger partial charge on any atom is 0.410 e. The molecule has 2 aliphatic heterocycles. The van der Waals surface area contributed by atoms with Crippen LogP contribution in [0.5, 0.6) is 5.88 Å². The quantitative estimate of drug-likeness (QED) is 0.351. The van der Waals surface area contributed by atoms with Gasteiger partial charge in [0.2, 0.25) is 5.88 Å². The Morgan fingerprint density at radius 2 is 1.93 bits per heavy atom. The number of anilines is 3. The number of carbonyl (C=O) groups excluding carboxylic acids is 1. The largest absolute Gasteiger partial charge is 0.477 e. The van der Waals surface area contributed by atoms with Crippen LogP contribution in [0.25, 0.3) is 11.4 Å². The molecule has 5 rings (SSSR count). The predicted octanol–water partition coefficient (Wildman–Crippen LogP) is 5.37. The number of benzene rings is 1. The Bertz CT molecular complexity index is 1380. The molecule has 0 spiro atoms. The number of aromatic nitrogens is 4. The molecular formula is C31H41N7O4. The van der Waals surface area contributed by atoms with Gasteiger partial charge in [0.05, 0.1) is 50.5 Å². The van der Waals surface area contributed by atoms with E-state index in [0.29, 0.717) is 56.9 Å². The lowest BCUT2D eigenvalue weighted by atomic mass is 10.0. The molecule has 3 aromatic rings. The number of unbranched alkanes of at least 4 members (excludes halogenated alkanes) is 1. The molecule has 2 aromatic heterocycles. The van der Waals surface area contributed by atoms with Crippen LogP contribution >= 0.6 is 0 Å². The van der Waals surface area contributed by atoms with Crippen molar-refractivity contribution in [3.8, 4) is 17.3 Å². The van der Waals surface area contributed by atoms with Crippen molar-refractivity contribution >= 4 is 23.4 Å². The number of hydrogen-bond acceptors (Lipinski definition) is 10. The summed E-state index contributed by atoms with van der Waals surface area (Å²) >= 11 is 0. The molecule has 1 atom stereocenters. The van der Waals surface area contributed by atoms with E-state index in [0.717, 1.165) is 47.7 Å². The first-order valence-electron chi connectivity index (χ1n) is 14.7. The van der Waals surface area contributed by atoms with E-state index in [1.807, 2.05) is 45.0 Å². The summed E-state index contributed by atoms with van der Waals surface area (Å²) in [5.41, 5.74) is 3.11. The van der Waals surface area contributed by atoms with Gasteiger partial charge in [0, 0.05) is 29.9 Å². The van der Waals surface area contributed by atoms with Crippen LogP contribution in [0.4, 0.5) is 22.1 Å². The highest BCUT2D eigenvalue weighted by atomic mass is 16.6. The Balaban J connectivity index is 1.40. The summed E-state index contributed by atoms with van der Waals surface area (Å²) < 4.78 is 17.0. The summed E-state index contributed by atoms with van der Waals surface area (Å²) in [6.45, 7) is 13.5. The maximum absolute atomic E-state index is 12.9. The molecule has 0 bridgehead atoms. The average molecular weight is 576 g/mol. The molecule has 1 unspecified atom stereocenters. The molecule has 0 saturated carbocycles. The topological polar surface area (TPSA) is 115 Å². The Morgan fingerprint density at radius 3 is 2.67 bits per heavy atom. The lowest BCUT2D eigenvalue weighted by Crippen LogP contribution is -2.46. The van der Waals surface area contributed by atoms with Gasteiger partial charge in [0.15, 0.2) is 11.6 Å². The van der Waals surface area contributed by atoms with E-state index in [1.54, 1.807) is 17.3 Å². The van der Waals surface area contributed by atoms with Gasteiger partial charge in [-0.05, 0) is 64.8 Å². The molecule has 1 fully saturated rings. The van der Waals surface area contributed by atoms with Crippen LogP contribution in [-0.2, 0) is 22.4 Å². The van der Waals surface area contributed by atoms with Crippen molar-refractivity contribution in [3.63, 3.8) is 0 Å². The predicted molar refractivity (Wildman–Crippen MR) is 161 cm³/mol. The molecule has 11 nitrogen and oxygen atoms in total. The normalized spacial score (nSPS) is 17.0. The number of fused-ring (bicyclic) bond motifs is 1. The van der Waals surface area contributed by atoms with E-state index in [1.165, 1.54) is 0 Å². The average Bonchev–Trinajstić information content (AvgIpc) is 2.96. The minimum atomic E-state index is -0.562. The minimum Gasteiger partial charge on any atom is -0.477 e. The van der Waals surface area contributed by atoms with Crippen molar-refractivity contribution in [2.24, 2.45) is 0 Å². The number of morpholine rings is 1. The molecule has 0 radical (unpaired) electrons. The van der Waals surface area contributed by atoms with Crippen molar-refractivity contribution < 1.29 is 19.0 Å². The van der Waals surface area contributed by atoms with Gasteiger partial charge in [-0.3, -0.25) is 4.98 Å². The summed E-state index contributed by atoms with van der Waals surface area (Å²) in [4.78, 5) is 35.7. The molecule has 1 amide bonds. The standard InChI is InChI=1S/C31H41N7O4/c1-6-7-15-41-27-18-32-17-26(35-27)33-23-10-8-22(9-11-23)28-34-25-19-37(30(39)42-31(3,4)5)13-12-24(25)29(36-28)38-14-16-40-20-21(38)2/h8-11,17-18,21H,6-7,12-16,19-20H2,1-5H3,(H,33,35). The van der Waals surface area contributed by atoms with Crippen molar-refractivity contribution in [2.45, 2.75) is 72.1 Å². The first-order valence-corrected chi connectivity index (χ1v) is 14.7. The summed E-state index contributed by atoms with van der Waals surface area (Å²) in [6, 6.07) is 8.09. The third-order valence-corrected chi connectivity index (χ3v) is 7.11. The zero-order valence-corrected chi connectivity index (χ0v) is 25.2. The van der Waals surface area contributed by atoms with E-state index in [-0.39, 0.29) is 12.1 Å². The van der Waals surface area contributed by atoms with Gasteiger partial charge in [0.25, 0.3) is 0 Å².